The molecule has 0 radical (unpaired) electrons. The van der Waals surface area contributed by atoms with Gasteiger partial charge in [-0.3, -0.25) is 0 Å². The highest BCUT2D eigenvalue weighted by Crippen LogP contribution is 2.14. The van der Waals surface area contributed by atoms with E-state index in [2.05, 4.69) is 14.9 Å². The van der Waals surface area contributed by atoms with Crippen molar-refractivity contribution in [3.05, 3.63) is 17.7 Å². The fraction of sp³-hybridized carbons (Fsp3) is 0.636. The van der Waals surface area contributed by atoms with Crippen molar-refractivity contribution in [2.75, 3.05) is 14.1 Å². The van der Waals surface area contributed by atoms with Crippen LogP contribution in [0, 0.1) is 6.92 Å². The maximum absolute atomic E-state index is 11.5. The Balaban J connectivity index is 2.00. The summed E-state index contributed by atoms with van der Waals surface area (Å²) in [5, 5.41) is 3.01. The zero-order chi connectivity index (χ0) is 11.7. The molecule has 16 heavy (non-hydrogen) atoms. The first-order valence-corrected chi connectivity index (χ1v) is 5.56. The molecule has 0 fully saturated rings. The topological polar surface area (TPSA) is 50.2 Å². The summed E-state index contributed by atoms with van der Waals surface area (Å²) < 4.78 is 2.14. The molecule has 5 nitrogen and oxygen atoms in total. The fourth-order valence-corrected chi connectivity index (χ4v) is 2.01. The van der Waals surface area contributed by atoms with Gasteiger partial charge in [0.15, 0.2) is 0 Å². The molecule has 0 spiro atoms. The van der Waals surface area contributed by atoms with Gasteiger partial charge in [0, 0.05) is 39.3 Å². The monoisotopic (exact) mass is 222 g/mol. The molecule has 2 amide bonds. The summed E-state index contributed by atoms with van der Waals surface area (Å²) in [6, 6.07) is 0.196. The second-order valence-corrected chi connectivity index (χ2v) is 4.53. The van der Waals surface area contributed by atoms with Gasteiger partial charge in [-0.05, 0) is 13.3 Å². The maximum atomic E-state index is 11.5. The Morgan fingerprint density at radius 3 is 3.06 bits per heavy atom. The van der Waals surface area contributed by atoms with Crippen LogP contribution in [0.1, 0.15) is 17.9 Å². The third-order valence-electron chi connectivity index (χ3n) is 2.85. The van der Waals surface area contributed by atoms with Gasteiger partial charge >= 0.3 is 6.03 Å². The predicted molar refractivity (Wildman–Crippen MR) is 61.3 cm³/mol. The number of fused-ring (bicyclic) bond motifs is 1. The van der Waals surface area contributed by atoms with E-state index in [1.54, 1.807) is 19.0 Å². The number of aromatic nitrogens is 2. The summed E-state index contributed by atoms with van der Waals surface area (Å²) in [5.74, 6) is 1.13. The van der Waals surface area contributed by atoms with E-state index in [9.17, 15) is 4.79 Å². The highest BCUT2D eigenvalue weighted by atomic mass is 16.2. The molecule has 1 unspecified atom stereocenters. The molecule has 88 valence electrons. The van der Waals surface area contributed by atoms with E-state index in [1.165, 1.54) is 0 Å². The summed E-state index contributed by atoms with van der Waals surface area (Å²) in [5.41, 5.74) is 1.05. The van der Waals surface area contributed by atoms with Crippen molar-refractivity contribution >= 4 is 6.03 Å². The molecule has 0 bridgehead atoms. The molecule has 2 heterocycles. The number of hydrogen-bond acceptors (Lipinski definition) is 2. The summed E-state index contributed by atoms with van der Waals surface area (Å²) >= 11 is 0. The second-order valence-electron chi connectivity index (χ2n) is 4.53. The summed E-state index contributed by atoms with van der Waals surface area (Å²) in [6.07, 6.45) is 3.95. The quantitative estimate of drug-likeness (QED) is 0.763. The summed E-state index contributed by atoms with van der Waals surface area (Å²) in [6.45, 7) is 2.83. The first-order valence-electron chi connectivity index (χ1n) is 5.56. The number of amides is 2. The van der Waals surface area contributed by atoms with Gasteiger partial charge < -0.3 is 14.8 Å². The molecule has 1 aliphatic rings. The zero-order valence-corrected chi connectivity index (χ0v) is 10.0. The van der Waals surface area contributed by atoms with Gasteiger partial charge in [-0.15, -0.1) is 0 Å². The minimum absolute atomic E-state index is 0.0229. The molecule has 1 aromatic heterocycles. The van der Waals surface area contributed by atoms with Gasteiger partial charge in [-0.25, -0.2) is 9.78 Å². The van der Waals surface area contributed by atoms with E-state index in [1.807, 2.05) is 13.1 Å². The van der Waals surface area contributed by atoms with Crippen molar-refractivity contribution in [2.24, 2.45) is 0 Å². The lowest BCUT2D eigenvalue weighted by Gasteiger charge is -2.26. The third kappa shape index (κ3) is 2.18. The van der Waals surface area contributed by atoms with Crippen molar-refractivity contribution < 1.29 is 4.79 Å². The molecule has 1 aromatic rings. The normalized spacial score (nSPS) is 19.1. The second kappa shape index (κ2) is 4.15. The lowest BCUT2D eigenvalue weighted by Crippen LogP contribution is -2.45. The van der Waals surface area contributed by atoms with Crippen LogP contribution in [0.4, 0.5) is 4.79 Å². The van der Waals surface area contributed by atoms with Crippen LogP contribution in [0.3, 0.4) is 0 Å². The van der Waals surface area contributed by atoms with Crippen LogP contribution in [-0.4, -0.2) is 40.6 Å². The molecule has 0 aliphatic carbocycles. The number of rotatable bonds is 1. The standard InChI is InChI=1S/C11H18N4O/c1-8-6-15-7-9(4-5-10(15)12-8)13-11(16)14(2)3/h6,9H,4-5,7H2,1-3H3,(H,13,16). The number of hydrogen-bond donors (Lipinski definition) is 1. The average molecular weight is 222 g/mol. The molecule has 0 aromatic carbocycles. The van der Waals surface area contributed by atoms with E-state index in [0.29, 0.717) is 0 Å². The van der Waals surface area contributed by atoms with Crippen LogP contribution in [0.2, 0.25) is 0 Å². The molecule has 2 rings (SSSR count). The third-order valence-corrected chi connectivity index (χ3v) is 2.85. The number of nitrogens with zero attached hydrogens (tertiary/aromatic N) is 3. The van der Waals surface area contributed by atoms with E-state index in [-0.39, 0.29) is 12.1 Å². The van der Waals surface area contributed by atoms with Gasteiger partial charge in [0.1, 0.15) is 5.82 Å². The highest BCUT2D eigenvalue weighted by molar-refractivity contribution is 5.73. The molecule has 5 heteroatoms. The highest BCUT2D eigenvalue weighted by Gasteiger charge is 2.21. The molecule has 0 saturated carbocycles. The number of carbonyl (C=O) groups excluding carboxylic acids is 1. The number of nitrogens with one attached hydrogen (secondary N) is 1. The predicted octanol–water partition coefficient (Wildman–Crippen LogP) is 0.778. The first-order chi connectivity index (χ1) is 7.56. The van der Waals surface area contributed by atoms with Crippen molar-refractivity contribution in [1.82, 2.24) is 19.8 Å². The van der Waals surface area contributed by atoms with E-state index >= 15 is 0 Å². The average Bonchev–Trinajstić information content (AvgIpc) is 2.57. The Hall–Kier alpha value is -1.52. The van der Waals surface area contributed by atoms with Crippen LogP contribution >= 0.6 is 0 Å². The largest absolute Gasteiger partial charge is 0.333 e. The Morgan fingerprint density at radius 2 is 2.38 bits per heavy atom. The molecule has 1 N–H and O–H groups in total. The summed E-state index contributed by atoms with van der Waals surface area (Å²) in [4.78, 5) is 17.5. The molecule has 0 saturated heterocycles. The van der Waals surface area contributed by atoms with Crippen molar-refractivity contribution in [2.45, 2.75) is 32.4 Å². The van der Waals surface area contributed by atoms with Crippen molar-refractivity contribution in [3.8, 4) is 0 Å². The zero-order valence-electron chi connectivity index (χ0n) is 10.0. The van der Waals surface area contributed by atoms with E-state index < -0.39 is 0 Å². The molecular formula is C11H18N4O. The number of carbonyl (C=O) groups is 1. The SMILES string of the molecule is Cc1cn2c(n1)CCC(NC(=O)N(C)C)C2. The van der Waals surface area contributed by atoms with Gasteiger partial charge in [0.05, 0.1) is 5.69 Å². The first kappa shape index (κ1) is 11.0. The Morgan fingerprint density at radius 1 is 1.62 bits per heavy atom. The van der Waals surface area contributed by atoms with Crippen LogP contribution < -0.4 is 5.32 Å². The number of imidazole rings is 1. The Bertz CT molecular complexity index is 397. The Kier molecular flexibility index (Phi) is 2.85. The minimum atomic E-state index is -0.0229. The fourth-order valence-electron chi connectivity index (χ4n) is 2.01. The van der Waals surface area contributed by atoms with Crippen molar-refractivity contribution in [1.29, 1.82) is 0 Å². The van der Waals surface area contributed by atoms with Crippen molar-refractivity contribution in [3.63, 3.8) is 0 Å². The van der Waals surface area contributed by atoms with Gasteiger partial charge in [0.2, 0.25) is 0 Å². The Labute approximate surface area is 95.5 Å². The van der Waals surface area contributed by atoms with Crippen LogP contribution in [0.5, 0.6) is 0 Å². The minimum Gasteiger partial charge on any atom is -0.333 e. The van der Waals surface area contributed by atoms with E-state index in [0.717, 1.165) is 30.9 Å². The van der Waals surface area contributed by atoms with Crippen LogP contribution in [0.25, 0.3) is 0 Å². The smallest absolute Gasteiger partial charge is 0.317 e. The van der Waals surface area contributed by atoms with E-state index in [4.69, 9.17) is 0 Å². The van der Waals surface area contributed by atoms with Crippen LogP contribution in [0.15, 0.2) is 6.20 Å². The number of urea groups is 1. The lowest BCUT2D eigenvalue weighted by atomic mass is 10.1. The van der Waals surface area contributed by atoms with Gasteiger partial charge in [-0.1, -0.05) is 0 Å². The molecular weight excluding hydrogens is 204 g/mol. The maximum Gasteiger partial charge on any atom is 0.317 e. The molecule has 1 atom stereocenters. The molecule has 1 aliphatic heterocycles. The van der Waals surface area contributed by atoms with Gasteiger partial charge in [0.25, 0.3) is 0 Å². The summed E-state index contributed by atoms with van der Waals surface area (Å²) in [7, 11) is 3.51. The lowest BCUT2D eigenvalue weighted by molar-refractivity contribution is 0.209. The van der Waals surface area contributed by atoms with Crippen LogP contribution in [-0.2, 0) is 13.0 Å². The number of aryl methyl sites for hydroxylation is 2. The van der Waals surface area contributed by atoms with Gasteiger partial charge in [-0.2, -0.15) is 0 Å².